The molecule has 0 aliphatic heterocycles. The lowest BCUT2D eigenvalue weighted by Crippen LogP contribution is -2.07. The summed E-state index contributed by atoms with van der Waals surface area (Å²) in [5.74, 6) is 0.743. The van der Waals surface area contributed by atoms with E-state index in [1.54, 1.807) is 60.7 Å². The molecule has 0 fully saturated rings. The number of allylic oxidation sites excluding steroid dienone is 1. The van der Waals surface area contributed by atoms with Crippen LogP contribution in [-0.2, 0) is 11.3 Å². The van der Waals surface area contributed by atoms with E-state index in [0.29, 0.717) is 39.6 Å². The monoisotopic (exact) mass is 504 g/mol. The minimum absolute atomic E-state index is 0.0580. The summed E-state index contributed by atoms with van der Waals surface area (Å²) in [4.78, 5) is 20.4. The van der Waals surface area contributed by atoms with Gasteiger partial charge in [0.2, 0.25) is 0 Å². The van der Waals surface area contributed by atoms with E-state index < -0.39 is 5.97 Å². The Balaban J connectivity index is 1.37. The van der Waals surface area contributed by atoms with Crippen LogP contribution in [0.2, 0.25) is 5.02 Å². The number of nitriles is 2. The molecular formula is C29H17ClN4O3. The van der Waals surface area contributed by atoms with E-state index in [2.05, 4.69) is 22.1 Å². The van der Waals surface area contributed by atoms with Crippen LogP contribution in [0.3, 0.4) is 0 Å². The lowest BCUT2D eigenvalue weighted by Gasteiger charge is -2.08. The van der Waals surface area contributed by atoms with Crippen molar-refractivity contribution in [2.45, 2.75) is 6.61 Å². The first-order valence-electron chi connectivity index (χ1n) is 11.2. The predicted octanol–water partition coefficient (Wildman–Crippen LogP) is 6.77. The highest BCUT2D eigenvalue weighted by Crippen LogP contribution is 2.29. The third kappa shape index (κ3) is 4.99. The average molecular weight is 505 g/mol. The summed E-state index contributed by atoms with van der Waals surface area (Å²) in [6.07, 6.45) is 1.60. The van der Waals surface area contributed by atoms with Crippen LogP contribution in [0, 0.1) is 22.7 Å². The van der Waals surface area contributed by atoms with Crippen molar-refractivity contribution in [3.8, 4) is 23.5 Å². The number of ether oxygens (including phenoxy) is 1. The number of hydrogen-bond donors (Lipinski definition) is 1. The average Bonchev–Trinajstić information content (AvgIpc) is 3.58. The molecule has 8 heteroatoms. The molecule has 5 rings (SSSR count). The van der Waals surface area contributed by atoms with Crippen molar-refractivity contribution in [3.05, 3.63) is 112 Å². The number of aromatic nitrogens is 2. The predicted molar refractivity (Wildman–Crippen MR) is 139 cm³/mol. The van der Waals surface area contributed by atoms with Crippen LogP contribution in [0.25, 0.3) is 34.0 Å². The number of nitrogens with zero attached hydrogens (tertiary/aromatic N) is 3. The smallest absolute Gasteiger partial charge is 0.340 e. The van der Waals surface area contributed by atoms with Crippen molar-refractivity contribution >= 4 is 40.3 Å². The quantitative estimate of drug-likeness (QED) is 0.201. The molecule has 0 saturated heterocycles. The number of furan rings is 1. The molecule has 2 aromatic heterocycles. The van der Waals surface area contributed by atoms with Crippen molar-refractivity contribution < 1.29 is 13.9 Å². The summed E-state index contributed by atoms with van der Waals surface area (Å²) in [5.41, 5.74) is 3.72. The van der Waals surface area contributed by atoms with Gasteiger partial charge in [0.1, 0.15) is 30.0 Å². The summed E-state index contributed by atoms with van der Waals surface area (Å²) in [6.45, 7) is -0.0580. The van der Waals surface area contributed by atoms with E-state index in [1.165, 1.54) is 0 Å². The Labute approximate surface area is 216 Å². The van der Waals surface area contributed by atoms with Crippen LogP contribution in [0.1, 0.15) is 33.1 Å². The molecule has 3 aromatic carbocycles. The second-order valence-electron chi connectivity index (χ2n) is 8.01. The number of hydrogen-bond acceptors (Lipinski definition) is 6. The van der Waals surface area contributed by atoms with Crippen LogP contribution >= 0.6 is 11.6 Å². The van der Waals surface area contributed by atoms with E-state index in [0.717, 1.165) is 11.0 Å². The van der Waals surface area contributed by atoms with Crippen molar-refractivity contribution in [1.82, 2.24) is 9.97 Å². The lowest BCUT2D eigenvalue weighted by atomic mass is 10.1. The first-order valence-corrected chi connectivity index (χ1v) is 11.6. The first-order chi connectivity index (χ1) is 18.1. The number of halogens is 1. The molecule has 7 nitrogen and oxygen atoms in total. The molecule has 0 radical (unpaired) electrons. The highest BCUT2D eigenvalue weighted by molar-refractivity contribution is 6.33. The fraction of sp³-hybridized carbons (Fsp3) is 0.0345. The standard InChI is InChI=1S/C29H17ClN4O3/c30-24-11-9-18(14-23(24)29(35)36-17-20-6-2-1-5-19(20)15-31)27-12-10-22(37-27)13-21(16-32)28-33-25-7-3-4-8-26(25)34-28/h1-14H,17H2,(H,33,34)/b21-13+. The Morgan fingerprint density at radius 3 is 2.68 bits per heavy atom. The maximum absolute atomic E-state index is 12.8. The molecule has 37 heavy (non-hydrogen) atoms. The molecule has 0 bridgehead atoms. The van der Waals surface area contributed by atoms with Gasteiger partial charge in [0.15, 0.2) is 0 Å². The third-order valence-corrected chi connectivity index (χ3v) is 5.98. The van der Waals surface area contributed by atoms with E-state index in [1.807, 2.05) is 24.3 Å². The van der Waals surface area contributed by atoms with Crippen LogP contribution in [0.4, 0.5) is 0 Å². The molecule has 0 unspecified atom stereocenters. The number of fused-ring (bicyclic) bond motifs is 1. The number of nitrogens with one attached hydrogen (secondary N) is 1. The summed E-state index contributed by atoms with van der Waals surface area (Å²) in [6, 6.07) is 27.0. The topological polar surface area (TPSA) is 116 Å². The largest absolute Gasteiger partial charge is 0.457 e. The summed E-state index contributed by atoms with van der Waals surface area (Å²) in [7, 11) is 0. The molecule has 5 aromatic rings. The molecule has 1 N–H and O–H groups in total. The van der Waals surface area contributed by atoms with Gasteiger partial charge in [-0.2, -0.15) is 10.5 Å². The Kier molecular flexibility index (Phi) is 6.54. The summed E-state index contributed by atoms with van der Waals surface area (Å²) >= 11 is 6.27. The Bertz CT molecular complexity index is 1720. The van der Waals surface area contributed by atoms with E-state index in [4.69, 9.17) is 20.8 Å². The minimum atomic E-state index is -0.622. The maximum atomic E-state index is 12.8. The molecule has 0 saturated carbocycles. The van der Waals surface area contributed by atoms with Gasteiger partial charge in [-0.25, -0.2) is 9.78 Å². The zero-order chi connectivity index (χ0) is 25.8. The minimum Gasteiger partial charge on any atom is -0.457 e. The van der Waals surface area contributed by atoms with Crippen molar-refractivity contribution in [2.24, 2.45) is 0 Å². The number of imidazole rings is 1. The van der Waals surface area contributed by atoms with Gasteiger partial charge in [0.25, 0.3) is 0 Å². The number of aromatic amines is 1. The number of carbonyl (C=O) groups is 1. The molecule has 178 valence electrons. The second kappa shape index (κ2) is 10.2. The molecular weight excluding hydrogens is 488 g/mol. The third-order valence-electron chi connectivity index (χ3n) is 5.65. The van der Waals surface area contributed by atoms with Crippen LogP contribution in [0.15, 0.2) is 83.3 Å². The molecule has 0 aliphatic carbocycles. The van der Waals surface area contributed by atoms with Crippen molar-refractivity contribution in [3.63, 3.8) is 0 Å². The number of esters is 1. The van der Waals surface area contributed by atoms with Gasteiger partial charge in [0, 0.05) is 17.2 Å². The van der Waals surface area contributed by atoms with E-state index >= 15 is 0 Å². The highest BCUT2D eigenvalue weighted by atomic mass is 35.5. The first kappa shape index (κ1) is 23.6. The summed E-state index contributed by atoms with van der Waals surface area (Å²) < 4.78 is 11.3. The van der Waals surface area contributed by atoms with Crippen LogP contribution < -0.4 is 0 Å². The van der Waals surface area contributed by atoms with Crippen molar-refractivity contribution in [1.29, 1.82) is 10.5 Å². The fourth-order valence-corrected chi connectivity index (χ4v) is 3.97. The Morgan fingerprint density at radius 1 is 1.05 bits per heavy atom. The van der Waals surface area contributed by atoms with E-state index in [-0.39, 0.29) is 17.2 Å². The molecule has 0 atom stereocenters. The lowest BCUT2D eigenvalue weighted by molar-refractivity contribution is 0.0472. The normalized spacial score (nSPS) is 11.2. The Hall–Kier alpha value is -5.11. The molecule has 0 amide bonds. The number of rotatable bonds is 6. The number of benzene rings is 3. The van der Waals surface area contributed by atoms with Gasteiger partial charge in [-0.3, -0.25) is 0 Å². The van der Waals surface area contributed by atoms with Crippen LogP contribution in [-0.4, -0.2) is 15.9 Å². The molecule has 0 spiro atoms. The van der Waals surface area contributed by atoms with E-state index in [9.17, 15) is 15.3 Å². The maximum Gasteiger partial charge on any atom is 0.340 e. The zero-order valence-corrected chi connectivity index (χ0v) is 20.0. The Morgan fingerprint density at radius 2 is 1.86 bits per heavy atom. The SMILES string of the molecule is N#C/C(=C\c1ccc(-c2ccc(Cl)c(C(=O)OCc3ccccc3C#N)c2)o1)c1nc2ccccc2[nH]1. The molecule has 2 heterocycles. The van der Waals surface area contributed by atoms with Gasteiger partial charge in [-0.1, -0.05) is 41.9 Å². The van der Waals surface area contributed by atoms with Gasteiger partial charge < -0.3 is 14.1 Å². The van der Waals surface area contributed by atoms with Crippen molar-refractivity contribution in [2.75, 3.05) is 0 Å². The van der Waals surface area contributed by atoms with Gasteiger partial charge in [-0.05, 0) is 48.5 Å². The van der Waals surface area contributed by atoms with Gasteiger partial charge in [-0.15, -0.1) is 0 Å². The highest BCUT2D eigenvalue weighted by Gasteiger charge is 2.16. The molecule has 0 aliphatic rings. The zero-order valence-electron chi connectivity index (χ0n) is 19.2. The van der Waals surface area contributed by atoms with Crippen LogP contribution in [0.5, 0.6) is 0 Å². The summed E-state index contributed by atoms with van der Waals surface area (Å²) in [5, 5.41) is 19.1. The number of H-pyrrole nitrogens is 1. The number of para-hydroxylation sites is 2. The second-order valence-corrected chi connectivity index (χ2v) is 8.42. The van der Waals surface area contributed by atoms with Gasteiger partial charge >= 0.3 is 5.97 Å². The number of carbonyl (C=O) groups excluding carboxylic acids is 1. The fourth-order valence-electron chi connectivity index (χ4n) is 3.77. The van der Waals surface area contributed by atoms with Gasteiger partial charge in [0.05, 0.1) is 38.8 Å².